The van der Waals surface area contributed by atoms with Crippen LogP contribution >= 0.6 is 0 Å². The molecular formula is C22H26N4O4. The van der Waals surface area contributed by atoms with Gasteiger partial charge in [0.05, 0.1) is 7.11 Å². The monoisotopic (exact) mass is 410 g/mol. The van der Waals surface area contributed by atoms with Crippen LogP contribution in [0.5, 0.6) is 5.75 Å². The fourth-order valence-electron chi connectivity index (χ4n) is 3.47. The summed E-state index contributed by atoms with van der Waals surface area (Å²) >= 11 is 0. The molecule has 4 amide bonds. The van der Waals surface area contributed by atoms with Crippen LogP contribution in [0.2, 0.25) is 0 Å². The average Bonchev–Trinajstić information content (AvgIpc) is 2.98. The normalized spacial score (nSPS) is 19.6. The smallest absolute Gasteiger partial charge is 0.344 e. The number of rotatable bonds is 7. The van der Waals surface area contributed by atoms with E-state index in [1.54, 1.807) is 31.2 Å². The minimum absolute atomic E-state index is 0.469. The van der Waals surface area contributed by atoms with Crippen LogP contribution in [-0.4, -0.2) is 48.5 Å². The van der Waals surface area contributed by atoms with E-state index in [-0.39, 0.29) is 0 Å². The molecule has 2 N–H and O–H groups in total. The molecule has 1 aliphatic rings. The maximum atomic E-state index is 13.1. The van der Waals surface area contributed by atoms with Crippen molar-refractivity contribution in [2.24, 2.45) is 0 Å². The van der Waals surface area contributed by atoms with E-state index in [4.69, 9.17) is 4.74 Å². The van der Waals surface area contributed by atoms with Crippen molar-refractivity contribution < 1.29 is 19.1 Å². The lowest BCUT2D eigenvalue weighted by Gasteiger charge is -2.28. The van der Waals surface area contributed by atoms with Gasteiger partial charge in [-0.2, -0.15) is 5.01 Å². The molecule has 0 spiro atoms. The zero-order valence-corrected chi connectivity index (χ0v) is 17.5. The highest BCUT2D eigenvalue weighted by Gasteiger charge is 2.50. The minimum atomic E-state index is -1.32. The molecule has 1 fully saturated rings. The van der Waals surface area contributed by atoms with Crippen molar-refractivity contribution in [3.05, 3.63) is 65.7 Å². The van der Waals surface area contributed by atoms with Gasteiger partial charge in [-0.3, -0.25) is 19.9 Å². The summed E-state index contributed by atoms with van der Waals surface area (Å²) in [6, 6.07) is 14.8. The summed E-state index contributed by atoms with van der Waals surface area (Å²) in [4.78, 5) is 40.7. The predicted octanol–water partition coefficient (Wildman–Crippen LogP) is 2.19. The molecule has 0 aliphatic carbocycles. The quantitative estimate of drug-likeness (QED) is 0.683. The Bertz CT molecular complexity index is 949. The van der Waals surface area contributed by atoms with Gasteiger partial charge in [0, 0.05) is 0 Å². The summed E-state index contributed by atoms with van der Waals surface area (Å²) in [5.41, 5.74) is 2.51. The summed E-state index contributed by atoms with van der Waals surface area (Å²) in [6.45, 7) is 4.13. The number of amides is 4. The second-order valence-corrected chi connectivity index (χ2v) is 7.29. The highest BCUT2D eigenvalue weighted by molar-refractivity contribution is 6.08. The maximum Gasteiger partial charge on any atom is 0.344 e. The maximum absolute atomic E-state index is 13.1. The molecule has 2 unspecified atom stereocenters. The van der Waals surface area contributed by atoms with E-state index < -0.39 is 29.4 Å². The Morgan fingerprint density at radius 1 is 1.20 bits per heavy atom. The molecule has 1 heterocycles. The summed E-state index contributed by atoms with van der Waals surface area (Å²) < 4.78 is 5.22. The van der Waals surface area contributed by atoms with Crippen molar-refractivity contribution in [3.8, 4) is 5.75 Å². The molecule has 0 radical (unpaired) electrons. The minimum Gasteiger partial charge on any atom is -0.497 e. The van der Waals surface area contributed by atoms with E-state index in [1.165, 1.54) is 7.11 Å². The van der Waals surface area contributed by atoms with Crippen LogP contribution in [0.25, 0.3) is 0 Å². The molecule has 30 heavy (non-hydrogen) atoms. The Morgan fingerprint density at radius 2 is 1.90 bits per heavy atom. The molecule has 8 nitrogen and oxygen atoms in total. The van der Waals surface area contributed by atoms with Gasteiger partial charge in [-0.25, -0.2) is 4.79 Å². The Labute approximate surface area is 175 Å². The van der Waals surface area contributed by atoms with Crippen molar-refractivity contribution in [2.75, 3.05) is 20.7 Å². The molecule has 0 saturated carbocycles. The first kappa shape index (κ1) is 21.3. The van der Waals surface area contributed by atoms with Crippen molar-refractivity contribution >= 4 is 17.8 Å². The first-order chi connectivity index (χ1) is 14.3. The van der Waals surface area contributed by atoms with Gasteiger partial charge in [0.25, 0.3) is 11.8 Å². The molecule has 2 aromatic carbocycles. The number of nitrogens with one attached hydrogen (secondary N) is 2. The zero-order valence-electron chi connectivity index (χ0n) is 17.5. The van der Waals surface area contributed by atoms with Gasteiger partial charge in [0.2, 0.25) is 0 Å². The van der Waals surface area contributed by atoms with Gasteiger partial charge in [-0.15, -0.1) is 0 Å². The highest BCUT2D eigenvalue weighted by atomic mass is 16.5. The summed E-state index contributed by atoms with van der Waals surface area (Å²) in [5, 5.41) is 3.43. The predicted molar refractivity (Wildman–Crippen MR) is 111 cm³/mol. The number of hydrazine groups is 1. The van der Waals surface area contributed by atoms with Gasteiger partial charge in [0.15, 0.2) is 0 Å². The van der Waals surface area contributed by atoms with E-state index in [2.05, 4.69) is 10.7 Å². The number of ether oxygens (including phenoxy) is 1. The largest absolute Gasteiger partial charge is 0.497 e. The Kier molecular flexibility index (Phi) is 6.07. The molecule has 8 heteroatoms. The number of methoxy groups -OCH3 is 1. The standard InChI is InChI=1S/C22H26N4O4/c1-5-25(3)18(15-10-7-6-8-11-15)19(27)24-26-20(28)22(2,23-21(26)29)16-12-9-13-17(14-16)30-4/h6-14,18H,5H2,1-4H3,(H,23,29)(H,24,27). The van der Waals surface area contributed by atoms with Crippen LogP contribution in [0.3, 0.4) is 0 Å². The van der Waals surface area contributed by atoms with Crippen LogP contribution < -0.4 is 15.5 Å². The highest BCUT2D eigenvalue weighted by Crippen LogP contribution is 2.30. The SMILES string of the molecule is CCN(C)C(C(=O)NN1C(=O)NC(C)(c2cccc(OC)c2)C1=O)c1ccccc1. The summed E-state index contributed by atoms with van der Waals surface area (Å²) in [6.07, 6.45) is 0. The third kappa shape index (κ3) is 3.86. The number of nitrogens with zero attached hydrogens (tertiary/aromatic N) is 2. The first-order valence-corrected chi connectivity index (χ1v) is 9.68. The van der Waals surface area contributed by atoms with Gasteiger partial charge in [0.1, 0.15) is 17.3 Å². The van der Waals surface area contributed by atoms with Crippen molar-refractivity contribution in [2.45, 2.75) is 25.4 Å². The summed E-state index contributed by atoms with van der Waals surface area (Å²) in [7, 11) is 3.33. The zero-order chi connectivity index (χ0) is 21.9. The van der Waals surface area contributed by atoms with E-state index in [9.17, 15) is 14.4 Å². The number of carbonyl (C=O) groups is 3. The molecule has 3 rings (SSSR count). The van der Waals surface area contributed by atoms with Crippen LogP contribution in [-0.2, 0) is 15.1 Å². The van der Waals surface area contributed by atoms with Crippen molar-refractivity contribution in [1.82, 2.24) is 20.7 Å². The van der Waals surface area contributed by atoms with E-state index >= 15 is 0 Å². The second kappa shape index (κ2) is 8.54. The topological polar surface area (TPSA) is 91.0 Å². The Morgan fingerprint density at radius 3 is 2.53 bits per heavy atom. The number of likely N-dealkylation sites (N-methyl/N-ethyl adjacent to an activating group) is 1. The van der Waals surface area contributed by atoms with Crippen LogP contribution in [0.4, 0.5) is 4.79 Å². The molecule has 158 valence electrons. The number of benzene rings is 2. The van der Waals surface area contributed by atoms with Gasteiger partial charge >= 0.3 is 6.03 Å². The number of hydrogen-bond acceptors (Lipinski definition) is 5. The van der Waals surface area contributed by atoms with E-state index in [0.29, 0.717) is 17.9 Å². The fraction of sp³-hybridized carbons (Fsp3) is 0.318. The Balaban J connectivity index is 1.86. The van der Waals surface area contributed by atoms with Gasteiger partial charge in [-0.05, 0) is 43.8 Å². The van der Waals surface area contributed by atoms with Gasteiger partial charge in [-0.1, -0.05) is 49.4 Å². The number of imide groups is 1. The third-order valence-corrected chi connectivity index (χ3v) is 5.36. The molecule has 1 aliphatic heterocycles. The lowest BCUT2D eigenvalue weighted by molar-refractivity contribution is -0.141. The molecule has 0 bridgehead atoms. The molecule has 2 aromatic rings. The van der Waals surface area contributed by atoms with Crippen LogP contribution in [0, 0.1) is 0 Å². The lowest BCUT2D eigenvalue weighted by Crippen LogP contribution is -2.51. The summed E-state index contributed by atoms with van der Waals surface area (Å²) in [5.74, 6) is -0.476. The molecule has 0 aromatic heterocycles. The van der Waals surface area contributed by atoms with E-state index in [0.717, 1.165) is 10.6 Å². The fourth-order valence-corrected chi connectivity index (χ4v) is 3.47. The van der Waals surface area contributed by atoms with Crippen LogP contribution in [0.1, 0.15) is 31.0 Å². The molecule has 2 atom stereocenters. The first-order valence-electron chi connectivity index (χ1n) is 9.68. The third-order valence-electron chi connectivity index (χ3n) is 5.36. The van der Waals surface area contributed by atoms with Crippen molar-refractivity contribution in [3.63, 3.8) is 0 Å². The number of hydrogen-bond donors (Lipinski definition) is 2. The second-order valence-electron chi connectivity index (χ2n) is 7.29. The average molecular weight is 410 g/mol. The van der Waals surface area contributed by atoms with Crippen molar-refractivity contribution in [1.29, 1.82) is 0 Å². The number of carbonyl (C=O) groups excluding carboxylic acids is 3. The van der Waals surface area contributed by atoms with Crippen LogP contribution in [0.15, 0.2) is 54.6 Å². The van der Waals surface area contributed by atoms with E-state index in [1.807, 2.05) is 49.2 Å². The number of urea groups is 1. The van der Waals surface area contributed by atoms with Gasteiger partial charge < -0.3 is 10.1 Å². The molecule has 1 saturated heterocycles. The lowest BCUT2D eigenvalue weighted by atomic mass is 9.92. The molecular weight excluding hydrogens is 384 g/mol. The Hall–Kier alpha value is -3.39.